The van der Waals surface area contributed by atoms with Gasteiger partial charge >= 0.3 is 0 Å². The molecule has 0 unspecified atom stereocenters. The van der Waals surface area contributed by atoms with Gasteiger partial charge in [0.1, 0.15) is 12.3 Å². The lowest BCUT2D eigenvalue weighted by Crippen LogP contribution is -2.33. The lowest BCUT2D eigenvalue weighted by molar-refractivity contribution is -0.122. The smallest absolute Gasteiger partial charge is 0.267 e. The molecular weight excluding hydrogens is 368 g/mol. The van der Waals surface area contributed by atoms with Gasteiger partial charge in [-0.1, -0.05) is 12.1 Å². The lowest BCUT2D eigenvalue weighted by atomic mass is 10.1. The average molecular weight is 392 g/mol. The van der Waals surface area contributed by atoms with Gasteiger partial charge in [-0.25, -0.2) is 4.68 Å². The molecular formula is C22H24N4O3. The number of nitrogens with one attached hydrogen (secondary N) is 1. The molecule has 0 atom stereocenters. The molecule has 4 rings (SSSR count). The highest BCUT2D eigenvalue weighted by atomic mass is 16.3. The fraction of sp³-hybridized carbons (Fsp3) is 0.318. The van der Waals surface area contributed by atoms with Crippen molar-refractivity contribution >= 4 is 11.6 Å². The molecule has 0 spiro atoms. The second-order valence-corrected chi connectivity index (χ2v) is 7.17. The van der Waals surface area contributed by atoms with Gasteiger partial charge in [0.05, 0.1) is 18.5 Å². The molecule has 0 saturated carbocycles. The Morgan fingerprint density at radius 2 is 1.83 bits per heavy atom. The van der Waals surface area contributed by atoms with Crippen LogP contribution in [0.1, 0.15) is 25.0 Å². The topological polar surface area (TPSA) is 80.4 Å². The highest BCUT2D eigenvalue weighted by Crippen LogP contribution is 2.23. The second kappa shape index (κ2) is 8.77. The molecule has 0 bridgehead atoms. The van der Waals surface area contributed by atoms with Gasteiger partial charge in [-0.3, -0.25) is 9.59 Å². The first-order chi connectivity index (χ1) is 14.2. The van der Waals surface area contributed by atoms with Crippen LogP contribution in [0.15, 0.2) is 64.0 Å². The second-order valence-electron chi connectivity index (χ2n) is 7.17. The van der Waals surface area contributed by atoms with E-state index in [4.69, 9.17) is 4.42 Å². The van der Waals surface area contributed by atoms with E-state index in [1.54, 1.807) is 24.5 Å². The summed E-state index contributed by atoms with van der Waals surface area (Å²) in [7, 11) is 0. The van der Waals surface area contributed by atoms with Crippen LogP contribution in [0.2, 0.25) is 0 Å². The molecule has 150 valence electrons. The summed E-state index contributed by atoms with van der Waals surface area (Å²) in [4.78, 5) is 26.7. The fourth-order valence-corrected chi connectivity index (χ4v) is 3.50. The first kappa shape index (κ1) is 19.0. The van der Waals surface area contributed by atoms with Crippen molar-refractivity contribution < 1.29 is 9.21 Å². The number of hydrogen-bond donors (Lipinski definition) is 1. The Kier molecular flexibility index (Phi) is 5.74. The first-order valence-corrected chi connectivity index (χ1v) is 9.92. The number of amides is 1. The summed E-state index contributed by atoms with van der Waals surface area (Å²) in [5.41, 5.74) is 2.47. The summed E-state index contributed by atoms with van der Waals surface area (Å²) < 4.78 is 6.37. The number of benzene rings is 1. The van der Waals surface area contributed by atoms with Crippen molar-refractivity contribution in [3.05, 3.63) is 70.9 Å². The Labute approximate surface area is 169 Å². The fourth-order valence-electron chi connectivity index (χ4n) is 3.50. The van der Waals surface area contributed by atoms with Gasteiger partial charge in [-0.05, 0) is 49.6 Å². The van der Waals surface area contributed by atoms with Crippen LogP contribution in [0.3, 0.4) is 0 Å². The van der Waals surface area contributed by atoms with Crippen LogP contribution in [-0.2, 0) is 17.9 Å². The Morgan fingerprint density at radius 1 is 1.03 bits per heavy atom. The number of rotatable bonds is 6. The molecule has 2 aromatic heterocycles. The summed E-state index contributed by atoms with van der Waals surface area (Å²) in [6, 6.07) is 14.9. The Morgan fingerprint density at radius 3 is 2.55 bits per heavy atom. The van der Waals surface area contributed by atoms with Crippen LogP contribution in [0.5, 0.6) is 0 Å². The lowest BCUT2D eigenvalue weighted by Gasteiger charge is -2.28. The SMILES string of the molecule is O=C(Cn1nc(-c2ccc(N3CCCCC3)cc2)ccc1=O)NCc1ccco1. The van der Waals surface area contributed by atoms with Crippen molar-refractivity contribution in [2.24, 2.45) is 0 Å². The van der Waals surface area contributed by atoms with E-state index in [-0.39, 0.29) is 24.6 Å². The molecule has 1 fully saturated rings. The van der Waals surface area contributed by atoms with Crippen LogP contribution < -0.4 is 15.8 Å². The maximum Gasteiger partial charge on any atom is 0.267 e. The summed E-state index contributed by atoms with van der Waals surface area (Å²) in [5.74, 6) is 0.356. The van der Waals surface area contributed by atoms with Crippen molar-refractivity contribution in [2.45, 2.75) is 32.4 Å². The van der Waals surface area contributed by atoms with Gasteiger partial charge in [-0.2, -0.15) is 5.10 Å². The van der Waals surface area contributed by atoms with E-state index in [0.717, 1.165) is 18.7 Å². The van der Waals surface area contributed by atoms with Crippen LogP contribution >= 0.6 is 0 Å². The largest absolute Gasteiger partial charge is 0.467 e. The highest BCUT2D eigenvalue weighted by Gasteiger charge is 2.12. The molecule has 1 aliphatic rings. The van der Waals surface area contributed by atoms with E-state index < -0.39 is 0 Å². The number of aromatic nitrogens is 2. The minimum Gasteiger partial charge on any atom is -0.467 e. The molecule has 3 heterocycles. The van der Waals surface area contributed by atoms with Gasteiger partial charge in [-0.15, -0.1) is 0 Å². The molecule has 7 heteroatoms. The maximum absolute atomic E-state index is 12.2. The quantitative estimate of drug-likeness (QED) is 0.698. The predicted molar refractivity (Wildman–Crippen MR) is 111 cm³/mol. The van der Waals surface area contributed by atoms with Gasteiger partial charge < -0.3 is 14.6 Å². The molecule has 0 aliphatic carbocycles. The van der Waals surface area contributed by atoms with Gasteiger partial charge in [0.25, 0.3) is 5.56 Å². The molecule has 0 radical (unpaired) electrons. The zero-order chi connectivity index (χ0) is 20.1. The van der Waals surface area contributed by atoms with E-state index in [2.05, 4.69) is 27.4 Å². The molecule has 1 N–H and O–H groups in total. The van der Waals surface area contributed by atoms with E-state index in [1.807, 2.05) is 12.1 Å². The standard InChI is InChI=1S/C22H24N4O3/c27-21(23-15-19-5-4-14-29-19)16-26-22(28)11-10-20(24-26)17-6-8-18(9-7-17)25-12-2-1-3-13-25/h4-11,14H,1-3,12-13,15-16H2,(H,23,27). The van der Waals surface area contributed by atoms with E-state index in [9.17, 15) is 9.59 Å². The summed E-state index contributed by atoms with van der Waals surface area (Å²) in [5, 5.41) is 7.10. The zero-order valence-electron chi connectivity index (χ0n) is 16.2. The third kappa shape index (κ3) is 4.74. The number of carbonyl (C=O) groups excluding carboxylic acids is 1. The van der Waals surface area contributed by atoms with Gasteiger partial charge in [0.15, 0.2) is 0 Å². The van der Waals surface area contributed by atoms with Crippen molar-refractivity contribution in [2.75, 3.05) is 18.0 Å². The summed E-state index contributed by atoms with van der Waals surface area (Å²) >= 11 is 0. The third-order valence-corrected chi connectivity index (χ3v) is 5.08. The Bertz CT molecular complexity index is 1000. The molecule has 1 aromatic carbocycles. The van der Waals surface area contributed by atoms with Crippen molar-refractivity contribution in [1.82, 2.24) is 15.1 Å². The minimum atomic E-state index is -0.313. The van der Waals surface area contributed by atoms with E-state index >= 15 is 0 Å². The number of hydrogen-bond acceptors (Lipinski definition) is 5. The number of anilines is 1. The molecule has 1 saturated heterocycles. The van der Waals surface area contributed by atoms with E-state index in [1.165, 1.54) is 35.7 Å². The molecule has 1 aliphatic heterocycles. The highest BCUT2D eigenvalue weighted by molar-refractivity contribution is 5.75. The molecule has 3 aromatic rings. The third-order valence-electron chi connectivity index (χ3n) is 5.08. The molecule has 29 heavy (non-hydrogen) atoms. The average Bonchev–Trinajstić information content (AvgIpc) is 3.28. The molecule has 7 nitrogen and oxygen atoms in total. The van der Waals surface area contributed by atoms with Crippen LogP contribution in [-0.4, -0.2) is 28.8 Å². The monoisotopic (exact) mass is 392 g/mol. The normalized spacial score (nSPS) is 14.0. The maximum atomic E-state index is 12.2. The summed E-state index contributed by atoms with van der Waals surface area (Å²) in [6.45, 7) is 2.32. The van der Waals surface area contributed by atoms with E-state index in [0.29, 0.717) is 11.5 Å². The van der Waals surface area contributed by atoms with Crippen molar-refractivity contribution in [3.8, 4) is 11.3 Å². The summed E-state index contributed by atoms with van der Waals surface area (Å²) in [6.07, 6.45) is 5.31. The Balaban J connectivity index is 1.44. The number of piperidine rings is 1. The van der Waals surface area contributed by atoms with Crippen LogP contribution in [0, 0.1) is 0 Å². The Hall–Kier alpha value is -3.35. The zero-order valence-corrected chi connectivity index (χ0v) is 16.2. The predicted octanol–water partition coefficient (Wildman–Crippen LogP) is 2.81. The van der Waals surface area contributed by atoms with Crippen molar-refractivity contribution in [3.63, 3.8) is 0 Å². The number of nitrogens with zero attached hydrogens (tertiary/aromatic N) is 3. The van der Waals surface area contributed by atoms with Crippen LogP contribution in [0.4, 0.5) is 5.69 Å². The van der Waals surface area contributed by atoms with Crippen LogP contribution in [0.25, 0.3) is 11.3 Å². The number of carbonyl (C=O) groups is 1. The van der Waals surface area contributed by atoms with Gasteiger partial charge in [0.2, 0.25) is 5.91 Å². The minimum absolute atomic E-state index is 0.140. The van der Waals surface area contributed by atoms with Crippen molar-refractivity contribution in [1.29, 1.82) is 0 Å². The molecule has 1 amide bonds. The van der Waals surface area contributed by atoms with Gasteiger partial charge in [0, 0.05) is 30.4 Å². The number of furan rings is 1. The first-order valence-electron chi connectivity index (χ1n) is 9.92.